The summed E-state index contributed by atoms with van der Waals surface area (Å²) in [5, 5.41) is 20.4. The molecule has 0 radical (unpaired) electrons. The maximum absolute atomic E-state index is 12.5. The number of carbonyl (C=O) groups excluding carboxylic acids is 1. The van der Waals surface area contributed by atoms with E-state index in [4.69, 9.17) is 4.52 Å². The fourth-order valence-corrected chi connectivity index (χ4v) is 3.30. The van der Waals surface area contributed by atoms with E-state index < -0.39 is 11.9 Å². The first-order valence-electron chi connectivity index (χ1n) is 11.1. The highest BCUT2D eigenvalue weighted by Gasteiger charge is 2.31. The molecule has 4 aromatic rings. The van der Waals surface area contributed by atoms with Crippen LogP contribution in [0, 0.1) is 6.92 Å². The van der Waals surface area contributed by atoms with Crippen LogP contribution in [0.4, 0.5) is 13.2 Å². The van der Waals surface area contributed by atoms with Crippen LogP contribution in [-0.2, 0) is 6.54 Å². The van der Waals surface area contributed by atoms with Crippen molar-refractivity contribution in [2.24, 2.45) is 0 Å². The van der Waals surface area contributed by atoms with Crippen LogP contribution in [0.3, 0.4) is 0 Å². The highest BCUT2D eigenvalue weighted by Crippen LogP contribution is 2.26. The van der Waals surface area contributed by atoms with E-state index in [1.54, 1.807) is 43.7 Å². The zero-order valence-electron chi connectivity index (χ0n) is 20.1. The molecule has 0 atom stereocenters. The lowest BCUT2D eigenvalue weighted by Crippen LogP contribution is -2.46. The van der Waals surface area contributed by atoms with Gasteiger partial charge in [-0.1, -0.05) is 17.3 Å². The first kappa shape index (κ1) is 25.8. The van der Waals surface area contributed by atoms with Gasteiger partial charge < -0.3 is 19.7 Å². The van der Waals surface area contributed by atoms with Crippen molar-refractivity contribution < 1.29 is 32.3 Å². The van der Waals surface area contributed by atoms with Gasteiger partial charge in [0.15, 0.2) is 0 Å². The number of aryl methyl sites for hydroxylation is 1. The SMILES string of the molecule is Cc1nc(-c2nc(-c3ccc(OC(F)(F)F)cc3)no2)nn1Cc1cccc(C(=O)NC(C)(C)CO)c1. The third-order valence-electron chi connectivity index (χ3n) is 5.19. The molecule has 2 aromatic carbocycles. The van der Waals surface area contributed by atoms with Crippen LogP contribution < -0.4 is 10.1 Å². The number of hydrogen-bond donors (Lipinski definition) is 2. The molecular weight excluding hydrogens is 493 g/mol. The smallest absolute Gasteiger partial charge is 0.406 e. The Kier molecular flexibility index (Phi) is 6.99. The van der Waals surface area contributed by atoms with Gasteiger partial charge >= 0.3 is 6.36 Å². The molecule has 13 heteroatoms. The Morgan fingerprint density at radius 2 is 1.84 bits per heavy atom. The van der Waals surface area contributed by atoms with Gasteiger partial charge in [-0.2, -0.15) is 4.98 Å². The minimum atomic E-state index is -4.78. The molecule has 194 valence electrons. The quantitative estimate of drug-likeness (QED) is 0.362. The molecule has 2 aromatic heterocycles. The molecule has 0 fully saturated rings. The molecule has 1 amide bonds. The second-order valence-corrected chi connectivity index (χ2v) is 8.83. The molecule has 0 bridgehead atoms. The predicted octanol–water partition coefficient (Wildman–Crippen LogP) is 3.75. The van der Waals surface area contributed by atoms with Crippen LogP contribution in [0.15, 0.2) is 53.1 Å². The standard InChI is InChI=1S/C24H23F3N6O4/c1-14-28-20(22-29-19(32-37-22)16-7-9-18(10-8-16)36-24(25,26)27)31-33(14)12-15-5-4-6-17(11-15)21(35)30-23(2,3)13-34/h4-11,34H,12-13H2,1-3H3,(H,30,35). The summed E-state index contributed by atoms with van der Waals surface area (Å²) in [6, 6.07) is 12.0. The number of ether oxygens (including phenoxy) is 1. The fraction of sp³-hybridized carbons (Fsp3) is 0.292. The number of aromatic nitrogens is 5. The molecule has 4 rings (SSSR count). The second-order valence-electron chi connectivity index (χ2n) is 8.83. The lowest BCUT2D eigenvalue weighted by atomic mass is 10.1. The number of alkyl halides is 3. The van der Waals surface area contributed by atoms with E-state index in [9.17, 15) is 23.1 Å². The average Bonchev–Trinajstić information content (AvgIpc) is 3.46. The number of aliphatic hydroxyl groups is 1. The second kappa shape index (κ2) is 10.0. The van der Waals surface area contributed by atoms with Crippen LogP contribution in [0.1, 0.15) is 35.6 Å². The van der Waals surface area contributed by atoms with E-state index in [-0.39, 0.29) is 35.8 Å². The number of aliphatic hydroxyl groups excluding tert-OH is 1. The topological polar surface area (TPSA) is 128 Å². The average molecular weight is 516 g/mol. The maximum atomic E-state index is 12.5. The number of hydrogen-bond acceptors (Lipinski definition) is 8. The molecule has 0 saturated carbocycles. The minimum absolute atomic E-state index is 0.0341. The molecule has 0 aliphatic rings. The lowest BCUT2D eigenvalue weighted by molar-refractivity contribution is -0.274. The lowest BCUT2D eigenvalue weighted by Gasteiger charge is -2.23. The first-order chi connectivity index (χ1) is 17.4. The predicted molar refractivity (Wildman–Crippen MR) is 124 cm³/mol. The molecule has 0 spiro atoms. The van der Waals surface area contributed by atoms with Crippen molar-refractivity contribution in [2.45, 2.75) is 39.2 Å². The molecule has 2 heterocycles. The maximum Gasteiger partial charge on any atom is 0.573 e. The molecule has 0 saturated heterocycles. The summed E-state index contributed by atoms with van der Waals surface area (Å²) in [4.78, 5) is 21.1. The number of amides is 1. The summed E-state index contributed by atoms with van der Waals surface area (Å²) in [6.07, 6.45) is -4.78. The fourth-order valence-electron chi connectivity index (χ4n) is 3.30. The number of rotatable bonds is 8. The van der Waals surface area contributed by atoms with Crippen molar-refractivity contribution in [3.63, 3.8) is 0 Å². The molecule has 0 aliphatic heterocycles. The Bertz CT molecular complexity index is 1400. The van der Waals surface area contributed by atoms with Crippen molar-refractivity contribution in [1.29, 1.82) is 0 Å². The van der Waals surface area contributed by atoms with Gasteiger partial charge in [-0.15, -0.1) is 18.3 Å². The van der Waals surface area contributed by atoms with Crippen LogP contribution in [-0.4, -0.2) is 54.4 Å². The monoisotopic (exact) mass is 516 g/mol. The van der Waals surface area contributed by atoms with Gasteiger partial charge in [0, 0.05) is 11.1 Å². The summed E-state index contributed by atoms with van der Waals surface area (Å²) >= 11 is 0. The Labute approximate surface area is 209 Å². The largest absolute Gasteiger partial charge is 0.573 e. The summed E-state index contributed by atoms with van der Waals surface area (Å²) in [5.74, 6) is 0.230. The Morgan fingerprint density at radius 3 is 2.51 bits per heavy atom. The summed E-state index contributed by atoms with van der Waals surface area (Å²) in [6.45, 7) is 5.29. The van der Waals surface area contributed by atoms with Crippen LogP contribution in [0.5, 0.6) is 5.75 Å². The zero-order chi connectivity index (χ0) is 26.8. The van der Waals surface area contributed by atoms with Gasteiger partial charge in [0.1, 0.15) is 11.6 Å². The van der Waals surface area contributed by atoms with Crippen LogP contribution >= 0.6 is 0 Å². The third-order valence-corrected chi connectivity index (χ3v) is 5.19. The van der Waals surface area contributed by atoms with E-state index in [0.717, 1.165) is 17.7 Å². The third kappa shape index (κ3) is 6.50. The van der Waals surface area contributed by atoms with Crippen molar-refractivity contribution in [1.82, 2.24) is 30.2 Å². The summed E-state index contributed by atoms with van der Waals surface area (Å²) in [7, 11) is 0. The highest BCUT2D eigenvalue weighted by molar-refractivity contribution is 5.94. The van der Waals surface area contributed by atoms with Crippen molar-refractivity contribution in [3.8, 4) is 28.9 Å². The van der Waals surface area contributed by atoms with E-state index in [0.29, 0.717) is 23.5 Å². The van der Waals surface area contributed by atoms with Gasteiger partial charge in [-0.25, -0.2) is 9.67 Å². The van der Waals surface area contributed by atoms with Crippen LogP contribution in [0.25, 0.3) is 23.1 Å². The van der Waals surface area contributed by atoms with Gasteiger partial charge in [0.05, 0.1) is 18.7 Å². The summed E-state index contributed by atoms with van der Waals surface area (Å²) < 4.78 is 47.8. The molecular formula is C24H23F3N6O4. The molecule has 0 unspecified atom stereocenters. The number of nitrogens with zero attached hydrogens (tertiary/aromatic N) is 5. The number of halogens is 3. The van der Waals surface area contributed by atoms with E-state index >= 15 is 0 Å². The van der Waals surface area contributed by atoms with Crippen LogP contribution in [0.2, 0.25) is 0 Å². The van der Waals surface area contributed by atoms with Crippen molar-refractivity contribution >= 4 is 5.91 Å². The highest BCUT2D eigenvalue weighted by atomic mass is 19.4. The number of benzene rings is 2. The Balaban J connectivity index is 1.48. The zero-order valence-corrected chi connectivity index (χ0v) is 20.1. The Hall–Kier alpha value is -4.26. The summed E-state index contributed by atoms with van der Waals surface area (Å²) in [5.41, 5.74) is 0.887. The van der Waals surface area contributed by atoms with E-state index in [1.807, 2.05) is 6.07 Å². The molecule has 10 nitrogen and oxygen atoms in total. The van der Waals surface area contributed by atoms with Crippen molar-refractivity contribution in [2.75, 3.05) is 6.61 Å². The number of carbonyl (C=O) groups is 1. The van der Waals surface area contributed by atoms with Gasteiger partial charge in [0.2, 0.25) is 11.6 Å². The minimum Gasteiger partial charge on any atom is -0.406 e. The van der Waals surface area contributed by atoms with Gasteiger partial charge in [0.25, 0.3) is 11.8 Å². The molecule has 0 aliphatic carbocycles. The van der Waals surface area contributed by atoms with Gasteiger partial charge in [-0.05, 0) is 62.7 Å². The Morgan fingerprint density at radius 1 is 1.11 bits per heavy atom. The van der Waals surface area contributed by atoms with E-state index in [2.05, 4.69) is 30.3 Å². The first-order valence-corrected chi connectivity index (χ1v) is 11.1. The molecule has 37 heavy (non-hydrogen) atoms. The molecule has 2 N–H and O–H groups in total. The van der Waals surface area contributed by atoms with E-state index in [1.165, 1.54) is 12.1 Å². The normalized spacial score (nSPS) is 12.0. The number of nitrogens with one attached hydrogen (secondary N) is 1. The van der Waals surface area contributed by atoms with Gasteiger partial charge in [-0.3, -0.25) is 4.79 Å². The van der Waals surface area contributed by atoms with Crippen molar-refractivity contribution in [3.05, 3.63) is 65.5 Å².